The van der Waals surface area contributed by atoms with Crippen LogP contribution in [0, 0.1) is 0 Å². The smallest absolute Gasteiger partial charge is 0.300 e. The normalized spacial score (nSPS) is 10.8. The van der Waals surface area contributed by atoms with Gasteiger partial charge in [0.1, 0.15) is 5.75 Å². The Labute approximate surface area is 86.1 Å². The van der Waals surface area contributed by atoms with Crippen molar-refractivity contribution in [1.82, 2.24) is 4.98 Å². The summed E-state index contributed by atoms with van der Waals surface area (Å²) in [7, 11) is 0. The zero-order valence-electron chi connectivity index (χ0n) is 8.41. The predicted octanol–water partition coefficient (Wildman–Crippen LogP) is 2.32. The lowest BCUT2D eigenvalue weighted by atomic mass is 10.2. The number of Topliss-reactive ketones (excluding diaryl/α,β-unsaturated/α-hetero) is 1. The number of carbonyl (C=O) groups excluding carboxylic acids is 1. The zero-order valence-corrected chi connectivity index (χ0v) is 8.41. The van der Waals surface area contributed by atoms with Gasteiger partial charge in [0.05, 0.1) is 12.3 Å². The monoisotopic (exact) mass is 215 g/mol. The molecule has 0 spiro atoms. The maximum absolute atomic E-state index is 12.1. The highest BCUT2D eigenvalue weighted by Gasteiger charge is 2.18. The third-order valence-corrected chi connectivity index (χ3v) is 1.57. The third kappa shape index (κ3) is 3.27. The van der Waals surface area contributed by atoms with E-state index in [0.717, 1.165) is 6.20 Å². The second kappa shape index (κ2) is 4.82. The maximum Gasteiger partial charge on any atom is 0.300 e. The van der Waals surface area contributed by atoms with Gasteiger partial charge in [0.25, 0.3) is 0 Å². The molecule has 1 heterocycles. The van der Waals surface area contributed by atoms with Crippen LogP contribution in [0.4, 0.5) is 8.78 Å². The molecule has 1 aromatic heterocycles. The van der Waals surface area contributed by atoms with E-state index in [9.17, 15) is 13.6 Å². The van der Waals surface area contributed by atoms with Crippen molar-refractivity contribution in [2.45, 2.75) is 26.4 Å². The summed E-state index contributed by atoms with van der Waals surface area (Å²) in [5.41, 5.74) is -0.136. The number of aromatic nitrogens is 1. The summed E-state index contributed by atoms with van der Waals surface area (Å²) >= 11 is 0. The number of ketones is 1. The molecule has 0 amide bonds. The highest BCUT2D eigenvalue weighted by molar-refractivity contribution is 5.98. The number of rotatable bonds is 4. The van der Waals surface area contributed by atoms with Crippen LogP contribution in [-0.4, -0.2) is 23.3 Å². The Balaban J connectivity index is 2.87. The van der Waals surface area contributed by atoms with Crippen LogP contribution in [0.2, 0.25) is 0 Å². The molecule has 0 aromatic carbocycles. The second-order valence-corrected chi connectivity index (χ2v) is 3.24. The number of nitrogens with zero attached hydrogens (tertiary/aromatic N) is 1. The number of hydrogen-bond donors (Lipinski definition) is 0. The molecule has 0 atom stereocenters. The lowest BCUT2D eigenvalue weighted by molar-refractivity contribution is 0.0677. The van der Waals surface area contributed by atoms with Crippen molar-refractivity contribution < 1.29 is 18.3 Å². The van der Waals surface area contributed by atoms with E-state index in [-0.39, 0.29) is 11.7 Å². The van der Waals surface area contributed by atoms with E-state index in [4.69, 9.17) is 4.74 Å². The van der Waals surface area contributed by atoms with Crippen LogP contribution in [0.5, 0.6) is 5.75 Å². The van der Waals surface area contributed by atoms with Gasteiger partial charge in [0.2, 0.25) is 5.78 Å². The minimum Gasteiger partial charge on any atom is -0.489 e. The molecule has 0 saturated carbocycles. The number of ether oxygens (including phenoxy) is 1. The quantitative estimate of drug-likeness (QED) is 0.723. The van der Waals surface area contributed by atoms with Crippen LogP contribution in [0.1, 0.15) is 24.2 Å². The van der Waals surface area contributed by atoms with Gasteiger partial charge in [-0.3, -0.25) is 9.78 Å². The van der Waals surface area contributed by atoms with Gasteiger partial charge in [-0.25, -0.2) is 8.78 Å². The van der Waals surface area contributed by atoms with Gasteiger partial charge in [0.15, 0.2) is 0 Å². The molecule has 0 bridgehead atoms. The second-order valence-electron chi connectivity index (χ2n) is 3.24. The number of hydrogen-bond acceptors (Lipinski definition) is 3. The van der Waals surface area contributed by atoms with Crippen molar-refractivity contribution in [2.75, 3.05) is 0 Å². The van der Waals surface area contributed by atoms with Gasteiger partial charge in [-0.15, -0.1) is 0 Å². The fraction of sp³-hybridized carbons (Fsp3) is 0.400. The molecular formula is C10H11F2NO2. The lowest BCUT2D eigenvalue weighted by Gasteiger charge is -2.09. The largest absolute Gasteiger partial charge is 0.489 e. The van der Waals surface area contributed by atoms with Crippen molar-refractivity contribution in [3.8, 4) is 5.75 Å². The summed E-state index contributed by atoms with van der Waals surface area (Å²) < 4.78 is 29.4. The molecule has 0 aliphatic carbocycles. The summed E-state index contributed by atoms with van der Waals surface area (Å²) in [5, 5.41) is 0. The van der Waals surface area contributed by atoms with Crippen molar-refractivity contribution in [3.05, 3.63) is 24.0 Å². The average Bonchev–Trinajstić information content (AvgIpc) is 2.16. The van der Waals surface area contributed by atoms with Crippen molar-refractivity contribution >= 4 is 5.78 Å². The van der Waals surface area contributed by atoms with E-state index >= 15 is 0 Å². The Bertz CT molecular complexity index is 353. The molecule has 0 radical (unpaired) electrons. The van der Waals surface area contributed by atoms with Crippen LogP contribution in [0.25, 0.3) is 0 Å². The SMILES string of the molecule is CC(C)Oc1cncc(C(=O)C(F)F)c1. The Hall–Kier alpha value is -1.52. The van der Waals surface area contributed by atoms with E-state index in [1.807, 2.05) is 0 Å². The number of halogens is 2. The summed E-state index contributed by atoms with van der Waals surface area (Å²) in [5.74, 6) is -0.923. The molecule has 0 aliphatic rings. The van der Waals surface area contributed by atoms with Gasteiger partial charge in [-0.05, 0) is 19.9 Å². The number of pyridine rings is 1. The molecular weight excluding hydrogens is 204 g/mol. The fourth-order valence-corrected chi connectivity index (χ4v) is 1.02. The van der Waals surface area contributed by atoms with Crippen LogP contribution in [0.15, 0.2) is 18.5 Å². The van der Waals surface area contributed by atoms with Crippen molar-refractivity contribution in [2.24, 2.45) is 0 Å². The van der Waals surface area contributed by atoms with Gasteiger partial charge >= 0.3 is 6.43 Å². The molecule has 0 N–H and O–H groups in total. The van der Waals surface area contributed by atoms with Gasteiger partial charge in [-0.2, -0.15) is 0 Å². The minimum atomic E-state index is -3.01. The predicted molar refractivity (Wildman–Crippen MR) is 50.3 cm³/mol. The highest BCUT2D eigenvalue weighted by Crippen LogP contribution is 2.15. The Morgan fingerprint density at radius 2 is 2.07 bits per heavy atom. The molecule has 5 heteroatoms. The Morgan fingerprint density at radius 3 is 2.60 bits per heavy atom. The zero-order chi connectivity index (χ0) is 11.4. The van der Waals surface area contributed by atoms with Gasteiger partial charge in [-0.1, -0.05) is 0 Å². The molecule has 0 fully saturated rings. The molecule has 1 aromatic rings. The van der Waals surface area contributed by atoms with Crippen LogP contribution >= 0.6 is 0 Å². The summed E-state index contributed by atoms with van der Waals surface area (Å²) in [6, 6.07) is 1.27. The van der Waals surface area contributed by atoms with Crippen LogP contribution in [0.3, 0.4) is 0 Å². The molecule has 82 valence electrons. The van der Waals surface area contributed by atoms with Crippen LogP contribution < -0.4 is 4.74 Å². The average molecular weight is 215 g/mol. The van der Waals surface area contributed by atoms with E-state index in [2.05, 4.69) is 4.98 Å². The third-order valence-electron chi connectivity index (χ3n) is 1.57. The number of alkyl halides is 2. The Kier molecular flexibility index (Phi) is 3.71. The number of carbonyl (C=O) groups is 1. The first kappa shape index (κ1) is 11.6. The minimum absolute atomic E-state index is 0.0938. The molecule has 15 heavy (non-hydrogen) atoms. The summed E-state index contributed by atoms with van der Waals surface area (Å²) in [6.07, 6.45) is -0.631. The molecule has 0 aliphatic heterocycles. The maximum atomic E-state index is 12.1. The van der Waals surface area contributed by atoms with E-state index < -0.39 is 12.2 Å². The highest BCUT2D eigenvalue weighted by atomic mass is 19.3. The van der Waals surface area contributed by atoms with Crippen molar-refractivity contribution in [1.29, 1.82) is 0 Å². The standard InChI is InChI=1S/C10H11F2NO2/c1-6(2)15-8-3-7(4-13-5-8)9(14)10(11)12/h3-6,10H,1-2H3. The van der Waals surface area contributed by atoms with E-state index in [1.54, 1.807) is 13.8 Å². The van der Waals surface area contributed by atoms with Gasteiger partial charge < -0.3 is 4.74 Å². The molecule has 0 saturated heterocycles. The first-order valence-corrected chi connectivity index (χ1v) is 4.44. The summed E-state index contributed by atoms with van der Waals surface area (Å²) in [4.78, 5) is 14.6. The first-order valence-electron chi connectivity index (χ1n) is 4.44. The summed E-state index contributed by atoms with van der Waals surface area (Å²) in [6.45, 7) is 3.59. The molecule has 1 rings (SSSR count). The molecule has 3 nitrogen and oxygen atoms in total. The first-order chi connectivity index (χ1) is 7.00. The van der Waals surface area contributed by atoms with Crippen molar-refractivity contribution in [3.63, 3.8) is 0 Å². The van der Waals surface area contributed by atoms with E-state index in [0.29, 0.717) is 5.75 Å². The lowest BCUT2D eigenvalue weighted by Crippen LogP contribution is -2.12. The topological polar surface area (TPSA) is 39.2 Å². The van der Waals surface area contributed by atoms with Gasteiger partial charge in [0, 0.05) is 11.8 Å². The fourth-order valence-electron chi connectivity index (χ4n) is 1.02. The molecule has 0 unspecified atom stereocenters. The van der Waals surface area contributed by atoms with Crippen LogP contribution in [-0.2, 0) is 0 Å². The Morgan fingerprint density at radius 1 is 1.40 bits per heavy atom. The van der Waals surface area contributed by atoms with E-state index in [1.165, 1.54) is 12.3 Å².